The van der Waals surface area contributed by atoms with E-state index in [0.29, 0.717) is 29.4 Å². The SMILES string of the molecule is Cc1cc(C)nc(SCC(=O)OCC(=O)c2cccc(N3CCCC3=O)c2)n1. The minimum atomic E-state index is -0.507. The highest BCUT2D eigenvalue weighted by Crippen LogP contribution is 2.22. The number of nitrogens with zero attached hydrogens (tertiary/aromatic N) is 3. The highest BCUT2D eigenvalue weighted by molar-refractivity contribution is 7.99. The van der Waals surface area contributed by atoms with Crippen LogP contribution >= 0.6 is 11.8 Å². The number of Topliss-reactive ketones (excluding diaryl/α,β-unsaturated/α-hetero) is 1. The molecule has 28 heavy (non-hydrogen) atoms. The predicted molar refractivity (Wildman–Crippen MR) is 106 cm³/mol. The maximum Gasteiger partial charge on any atom is 0.316 e. The summed E-state index contributed by atoms with van der Waals surface area (Å²) in [5.41, 5.74) is 2.77. The molecule has 1 saturated heterocycles. The lowest BCUT2D eigenvalue weighted by Gasteiger charge is -2.16. The van der Waals surface area contributed by atoms with Gasteiger partial charge >= 0.3 is 5.97 Å². The number of benzene rings is 1. The van der Waals surface area contributed by atoms with Crippen molar-refractivity contribution in [3.05, 3.63) is 47.3 Å². The fourth-order valence-electron chi connectivity index (χ4n) is 2.92. The number of anilines is 1. The number of ketones is 1. The molecule has 1 aromatic carbocycles. The van der Waals surface area contributed by atoms with Crippen molar-refractivity contribution in [1.82, 2.24) is 9.97 Å². The van der Waals surface area contributed by atoms with E-state index < -0.39 is 5.97 Å². The number of rotatable bonds is 7. The van der Waals surface area contributed by atoms with Crippen molar-refractivity contribution < 1.29 is 19.1 Å². The van der Waals surface area contributed by atoms with Gasteiger partial charge in [-0.25, -0.2) is 9.97 Å². The molecule has 2 aromatic rings. The maximum atomic E-state index is 12.3. The maximum absolute atomic E-state index is 12.3. The number of hydrogen-bond acceptors (Lipinski definition) is 7. The average molecular weight is 399 g/mol. The van der Waals surface area contributed by atoms with Gasteiger partial charge in [-0.2, -0.15) is 0 Å². The van der Waals surface area contributed by atoms with Gasteiger partial charge < -0.3 is 9.64 Å². The molecule has 0 saturated carbocycles. The first-order chi connectivity index (χ1) is 13.4. The summed E-state index contributed by atoms with van der Waals surface area (Å²) in [7, 11) is 0. The molecule has 0 atom stereocenters. The van der Waals surface area contributed by atoms with E-state index >= 15 is 0 Å². The Morgan fingerprint density at radius 1 is 1.18 bits per heavy atom. The van der Waals surface area contributed by atoms with Crippen LogP contribution in [0.5, 0.6) is 0 Å². The van der Waals surface area contributed by atoms with Crippen LogP contribution in [0, 0.1) is 13.8 Å². The first-order valence-electron chi connectivity index (χ1n) is 8.97. The topological polar surface area (TPSA) is 89.5 Å². The second-order valence-corrected chi connectivity index (χ2v) is 7.45. The summed E-state index contributed by atoms with van der Waals surface area (Å²) in [4.78, 5) is 46.3. The van der Waals surface area contributed by atoms with Crippen molar-refractivity contribution in [2.45, 2.75) is 31.8 Å². The Bertz CT molecular complexity index is 896. The van der Waals surface area contributed by atoms with Crippen molar-refractivity contribution in [2.75, 3.05) is 23.8 Å². The van der Waals surface area contributed by atoms with E-state index in [2.05, 4.69) is 9.97 Å². The van der Waals surface area contributed by atoms with E-state index in [1.54, 1.807) is 29.2 Å². The Morgan fingerprint density at radius 3 is 2.61 bits per heavy atom. The molecule has 1 aliphatic heterocycles. The van der Waals surface area contributed by atoms with Gasteiger partial charge in [0.15, 0.2) is 17.5 Å². The molecule has 0 unspecified atom stereocenters. The van der Waals surface area contributed by atoms with Crippen LogP contribution in [0.25, 0.3) is 0 Å². The lowest BCUT2D eigenvalue weighted by molar-refractivity contribution is -0.139. The van der Waals surface area contributed by atoms with E-state index in [1.165, 1.54) is 11.8 Å². The summed E-state index contributed by atoms with van der Waals surface area (Å²) in [6.45, 7) is 4.03. The Kier molecular flexibility index (Phi) is 6.41. The first kappa shape index (κ1) is 20.0. The third-order valence-corrected chi connectivity index (χ3v) is 5.02. The molecule has 146 valence electrons. The minimum absolute atomic E-state index is 0.0263. The quantitative estimate of drug-likeness (QED) is 0.306. The van der Waals surface area contributed by atoms with Gasteiger partial charge in [-0.3, -0.25) is 14.4 Å². The number of amides is 1. The number of esters is 1. The van der Waals surface area contributed by atoms with Crippen LogP contribution in [-0.4, -0.2) is 46.5 Å². The molecule has 1 fully saturated rings. The Labute approximate surface area is 167 Å². The van der Waals surface area contributed by atoms with Crippen LogP contribution in [-0.2, 0) is 14.3 Å². The van der Waals surface area contributed by atoms with Crippen molar-refractivity contribution >= 4 is 35.1 Å². The zero-order valence-electron chi connectivity index (χ0n) is 15.8. The van der Waals surface area contributed by atoms with E-state index in [9.17, 15) is 14.4 Å². The average Bonchev–Trinajstić information content (AvgIpc) is 3.10. The Balaban J connectivity index is 1.52. The van der Waals surface area contributed by atoms with Crippen LogP contribution in [0.1, 0.15) is 34.6 Å². The number of aryl methyl sites for hydroxylation is 2. The smallest absolute Gasteiger partial charge is 0.316 e. The molecule has 1 amide bonds. The number of hydrogen-bond donors (Lipinski definition) is 0. The Morgan fingerprint density at radius 2 is 1.93 bits per heavy atom. The second-order valence-electron chi connectivity index (χ2n) is 6.51. The molecule has 0 bridgehead atoms. The van der Waals surface area contributed by atoms with E-state index in [4.69, 9.17) is 4.74 Å². The molecule has 8 heteroatoms. The highest BCUT2D eigenvalue weighted by Gasteiger charge is 2.22. The number of aromatic nitrogens is 2. The lowest BCUT2D eigenvalue weighted by Crippen LogP contribution is -2.24. The standard InChI is InChI=1S/C20H21N3O4S/c1-13-9-14(2)22-20(21-13)28-12-19(26)27-11-17(24)15-5-3-6-16(10-15)23-8-4-7-18(23)25/h3,5-6,9-10H,4,7-8,11-12H2,1-2H3. The Hall–Kier alpha value is -2.74. The molecule has 1 aromatic heterocycles. The number of carbonyl (C=O) groups is 3. The molecule has 0 radical (unpaired) electrons. The summed E-state index contributed by atoms with van der Waals surface area (Å²) < 4.78 is 5.08. The zero-order valence-corrected chi connectivity index (χ0v) is 16.6. The van der Waals surface area contributed by atoms with E-state index in [0.717, 1.165) is 17.8 Å². The monoisotopic (exact) mass is 399 g/mol. The number of ether oxygens (including phenoxy) is 1. The predicted octanol–water partition coefficient (Wildman–Crippen LogP) is 2.74. The first-order valence-corrected chi connectivity index (χ1v) is 9.95. The molecular formula is C20H21N3O4S. The third kappa shape index (κ3) is 5.16. The van der Waals surface area contributed by atoms with Crippen molar-refractivity contribution in [2.24, 2.45) is 0 Å². The molecule has 2 heterocycles. The van der Waals surface area contributed by atoms with Crippen molar-refractivity contribution in [1.29, 1.82) is 0 Å². The summed E-state index contributed by atoms with van der Waals surface area (Å²) in [5.74, 6) is -0.735. The number of carbonyl (C=O) groups excluding carboxylic acids is 3. The normalized spacial score (nSPS) is 13.6. The summed E-state index contributed by atoms with van der Waals surface area (Å²) in [6.07, 6.45) is 1.34. The largest absolute Gasteiger partial charge is 0.457 e. The van der Waals surface area contributed by atoms with Crippen LogP contribution in [0.3, 0.4) is 0 Å². The van der Waals surface area contributed by atoms with Crippen molar-refractivity contribution in [3.8, 4) is 0 Å². The molecule has 7 nitrogen and oxygen atoms in total. The zero-order chi connectivity index (χ0) is 20.1. The summed E-state index contributed by atoms with van der Waals surface area (Å²) in [6, 6.07) is 8.69. The minimum Gasteiger partial charge on any atom is -0.457 e. The van der Waals surface area contributed by atoms with Gasteiger partial charge in [0.05, 0.1) is 5.75 Å². The van der Waals surface area contributed by atoms with Gasteiger partial charge in [-0.1, -0.05) is 23.9 Å². The molecule has 0 aliphatic carbocycles. The van der Waals surface area contributed by atoms with Crippen LogP contribution < -0.4 is 4.90 Å². The molecule has 0 N–H and O–H groups in total. The van der Waals surface area contributed by atoms with Crippen molar-refractivity contribution in [3.63, 3.8) is 0 Å². The van der Waals surface area contributed by atoms with Crippen LogP contribution in [0.2, 0.25) is 0 Å². The fourth-order valence-corrected chi connectivity index (χ4v) is 3.67. The molecular weight excluding hydrogens is 378 g/mol. The van der Waals surface area contributed by atoms with Gasteiger partial charge in [-0.15, -0.1) is 0 Å². The van der Waals surface area contributed by atoms with Gasteiger partial charge in [0.2, 0.25) is 5.91 Å². The fraction of sp³-hybridized carbons (Fsp3) is 0.350. The van der Waals surface area contributed by atoms with Gasteiger partial charge in [-0.05, 0) is 38.5 Å². The van der Waals surface area contributed by atoms with Crippen LogP contribution in [0.4, 0.5) is 5.69 Å². The molecule has 1 aliphatic rings. The van der Waals surface area contributed by atoms with Gasteiger partial charge in [0, 0.05) is 35.6 Å². The van der Waals surface area contributed by atoms with Gasteiger partial charge in [0.25, 0.3) is 0 Å². The molecule has 3 rings (SSSR count). The van der Waals surface area contributed by atoms with Gasteiger partial charge in [0.1, 0.15) is 0 Å². The number of thioether (sulfide) groups is 1. The van der Waals surface area contributed by atoms with E-state index in [-0.39, 0.29) is 24.1 Å². The second kappa shape index (κ2) is 8.97. The van der Waals surface area contributed by atoms with E-state index in [1.807, 2.05) is 19.9 Å². The highest BCUT2D eigenvalue weighted by atomic mass is 32.2. The molecule has 0 spiro atoms. The third-order valence-electron chi connectivity index (χ3n) is 4.20. The summed E-state index contributed by atoms with van der Waals surface area (Å²) in [5, 5.41) is 0.503. The van der Waals surface area contributed by atoms with Crippen LogP contribution in [0.15, 0.2) is 35.5 Å². The lowest BCUT2D eigenvalue weighted by atomic mass is 10.1. The summed E-state index contributed by atoms with van der Waals surface area (Å²) >= 11 is 1.17.